The maximum atomic E-state index is 12.9. The van der Waals surface area contributed by atoms with E-state index in [1.165, 1.54) is 6.07 Å². The van der Waals surface area contributed by atoms with E-state index in [-0.39, 0.29) is 29.7 Å². The Bertz CT molecular complexity index is 398. The summed E-state index contributed by atoms with van der Waals surface area (Å²) in [5.41, 5.74) is 5.23. The van der Waals surface area contributed by atoms with Crippen molar-refractivity contribution in [2.24, 2.45) is 0 Å². The molecule has 0 unspecified atom stereocenters. The minimum Gasteiger partial charge on any atom is -0.480 e. The second-order valence-corrected chi connectivity index (χ2v) is 3.31. The summed E-state index contributed by atoms with van der Waals surface area (Å²) in [7, 11) is 0. The minimum absolute atomic E-state index is 0.0519. The number of halogens is 2. The summed E-state index contributed by atoms with van der Waals surface area (Å²) in [6, 6.07) is 2.24. The van der Waals surface area contributed by atoms with Crippen LogP contribution in [-0.4, -0.2) is 19.2 Å². The molecule has 0 saturated heterocycles. The number of anilines is 1. The number of ether oxygens (including phenoxy) is 2. The van der Waals surface area contributed by atoms with Crippen molar-refractivity contribution in [1.82, 2.24) is 0 Å². The van der Waals surface area contributed by atoms with E-state index in [9.17, 15) is 9.18 Å². The Morgan fingerprint density at radius 2 is 2.25 bits per heavy atom. The largest absolute Gasteiger partial charge is 0.480 e. The summed E-state index contributed by atoms with van der Waals surface area (Å²) >= 11 is 5.69. The van der Waals surface area contributed by atoms with Crippen LogP contribution >= 0.6 is 11.6 Å². The third-order valence-electron chi connectivity index (χ3n) is 1.70. The van der Waals surface area contributed by atoms with Crippen LogP contribution in [0, 0.1) is 5.82 Å². The Morgan fingerprint density at radius 3 is 2.88 bits per heavy atom. The molecular weight excluding hydrogens is 237 g/mol. The van der Waals surface area contributed by atoms with Crippen molar-refractivity contribution < 1.29 is 18.7 Å². The maximum Gasteiger partial charge on any atom is 0.344 e. The Kier molecular flexibility index (Phi) is 4.37. The van der Waals surface area contributed by atoms with Gasteiger partial charge in [0, 0.05) is 6.07 Å². The topological polar surface area (TPSA) is 61.5 Å². The number of nitrogen functional groups attached to an aromatic ring is 1. The highest BCUT2D eigenvalue weighted by molar-refractivity contribution is 6.32. The monoisotopic (exact) mass is 247 g/mol. The number of benzene rings is 1. The highest BCUT2D eigenvalue weighted by Crippen LogP contribution is 2.28. The molecule has 0 amide bonds. The van der Waals surface area contributed by atoms with Gasteiger partial charge in [0.25, 0.3) is 0 Å². The van der Waals surface area contributed by atoms with E-state index in [0.29, 0.717) is 0 Å². The summed E-state index contributed by atoms with van der Waals surface area (Å²) in [5.74, 6) is -1.01. The van der Waals surface area contributed by atoms with Crippen LogP contribution in [0.15, 0.2) is 12.1 Å². The summed E-state index contributed by atoms with van der Waals surface area (Å²) < 4.78 is 22.6. The number of rotatable bonds is 4. The first kappa shape index (κ1) is 12.6. The molecule has 1 rings (SSSR count). The van der Waals surface area contributed by atoms with Gasteiger partial charge in [-0.25, -0.2) is 9.18 Å². The van der Waals surface area contributed by atoms with Gasteiger partial charge in [0.15, 0.2) is 6.61 Å². The van der Waals surface area contributed by atoms with Crippen molar-refractivity contribution in [2.45, 2.75) is 6.92 Å². The zero-order valence-corrected chi connectivity index (χ0v) is 9.38. The summed E-state index contributed by atoms with van der Waals surface area (Å²) in [4.78, 5) is 11.0. The molecule has 0 aliphatic rings. The third kappa shape index (κ3) is 3.27. The highest BCUT2D eigenvalue weighted by Gasteiger charge is 2.09. The molecule has 16 heavy (non-hydrogen) atoms. The zero-order valence-electron chi connectivity index (χ0n) is 8.63. The van der Waals surface area contributed by atoms with Crippen LogP contribution < -0.4 is 10.5 Å². The molecule has 0 saturated carbocycles. The molecule has 0 aliphatic heterocycles. The van der Waals surface area contributed by atoms with Gasteiger partial charge in [0.1, 0.15) is 11.6 Å². The third-order valence-corrected chi connectivity index (χ3v) is 2.00. The second-order valence-electron chi connectivity index (χ2n) is 2.90. The smallest absolute Gasteiger partial charge is 0.344 e. The van der Waals surface area contributed by atoms with E-state index in [2.05, 4.69) is 4.74 Å². The molecule has 0 heterocycles. The number of nitrogens with two attached hydrogens (primary N) is 1. The molecule has 0 bridgehead atoms. The molecule has 0 spiro atoms. The van der Waals surface area contributed by atoms with E-state index < -0.39 is 11.8 Å². The Morgan fingerprint density at radius 1 is 1.56 bits per heavy atom. The fourth-order valence-electron chi connectivity index (χ4n) is 0.995. The number of carbonyl (C=O) groups excluding carboxylic acids is 1. The van der Waals surface area contributed by atoms with Crippen LogP contribution in [0.25, 0.3) is 0 Å². The van der Waals surface area contributed by atoms with Gasteiger partial charge in [0.2, 0.25) is 0 Å². The molecule has 0 aromatic heterocycles. The van der Waals surface area contributed by atoms with Crippen LogP contribution in [0.3, 0.4) is 0 Å². The van der Waals surface area contributed by atoms with E-state index in [1.54, 1.807) is 6.92 Å². The van der Waals surface area contributed by atoms with Gasteiger partial charge in [-0.3, -0.25) is 0 Å². The lowest BCUT2D eigenvalue weighted by molar-refractivity contribution is -0.145. The Labute approximate surface area is 97.1 Å². The molecule has 0 aliphatic carbocycles. The van der Waals surface area contributed by atoms with Gasteiger partial charge in [-0.1, -0.05) is 11.6 Å². The van der Waals surface area contributed by atoms with Crippen molar-refractivity contribution in [3.8, 4) is 5.75 Å². The molecule has 88 valence electrons. The fourth-order valence-corrected chi connectivity index (χ4v) is 1.20. The summed E-state index contributed by atoms with van der Waals surface area (Å²) in [6.07, 6.45) is 0. The first-order valence-corrected chi connectivity index (χ1v) is 4.95. The molecule has 1 aromatic carbocycles. The average molecular weight is 248 g/mol. The lowest BCUT2D eigenvalue weighted by atomic mass is 10.3. The average Bonchev–Trinajstić information content (AvgIpc) is 2.22. The van der Waals surface area contributed by atoms with Gasteiger partial charge in [-0.15, -0.1) is 0 Å². The van der Waals surface area contributed by atoms with Gasteiger partial charge in [-0.05, 0) is 13.0 Å². The van der Waals surface area contributed by atoms with Crippen molar-refractivity contribution in [1.29, 1.82) is 0 Å². The lowest BCUT2D eigenvalue weighted by Gasteiger charge is -2.08. The molecular formula is C10H11ClFNO3. The van der Waals surface area contributed by atoms with Crippen LogP contribution in [0.1, 0.15) is 6.92 Å². The van der Waals surface area contributed by atoms with Gasteiger partial charge >= 0.3 is 5.97 Å². The predicted octanol–water partition coefficient (Wildman–Crippen LogP) is 2.00. The molecule has 0 radical (unpaired) electrons. The molecule has 6 heteroatoms. The van der Waals surface area contributed by atoms with E-state index in [0.717, 1.165) is 6.07 Å². The second kappa shape index (κ2) is 5.55. The lowest BCUT2D eigenvalue weighted by Crippen LogP contribution is -2.14. The van der Waals surface area contributed by atoms with Gasteiger partial charge < -0.3 is 15.2 Å². The minimum atomic E-state index is -0.631. The highest BCUT2D eigenvalue weighted by atomic mass is 35.5. The summed E-state index contributed by atoms with van der Waals surface area (Å²) in [5, 5.41) is 0.0519. The fraction of sp³-hybridized carbons (Fsp3) is 0.300. The van der Waals surface area contributed by atoms with Crippen molar-refractivity contribution in [3.05, 3.63) is 23.0 Å². The predicted molar refractivity (Wildman–Crippen MR) is 58.0 cm³/mol. The number of esters is 1. The molecule has 1 aromatic rings. The van der Waals surface area contributed by atoms with Crippen LogP contribution in [0.2, 0.25) is 5.02 Å². The van der Waals surface area contributed by atoms with Gasteiger partial charge in [0.05, 0.1) is 17.3 Å². The first-order valence-electron chi connectivity index (χ1n) is 4.57. The Balaban J connectivity index is 2.67. The van der Waals surface area contributed by atoms with E-state index in [1.807, 2.05) is 0 Å². The molecule has 0 atom stereocenters. The van der Waals surface area contributed by atoms with Crippen LogP contribution in [-0.2, 0) is 9.53 Å². The van der Waals surface area contributed by atoms with Gasteiger partial charge in [-0.2, -0.15) is 0 Å². The molecule has 4 nitrogen and oxygen atoms in total. The maximum absolute atomic E-state index is 12.9. The summed E-state index contributed by atoms with van der Waals surface area (Å²) in [6.45, 7) is 1.65. The number of hydrogen-bond acceptors (Lipinski definition) is 4. The van der Waals surface area contributed by atoms with Crippen molar-refractivity contribution >= 4 is 23.3 Å². The first-order chi connectivity index (χ1) is 7.54. The van der Waals surface area contributed by atoms with E-state index >= 15 is 0 Å². The van der Waals surface area contributed by atoms with Crippen LogP contribution in [0.5, 0.6) is 5.75 Å². The SMILES string of the molecule is CCOC(=O)COc1cc(N)c(F)cc1Cl. The van der Waals surface area contributed by atoms with E-state index in [4.69, 9.17) is 22.1 Å². The number of hydrogen-bond donors (Lipinski definition) is 1. The molecule has 2 N–H and O–H groups in total. The zero-order chi connectivity index (χ0) is 12.1. The standard InChI is InChI=1S/C10H11ClFNO3/c1-2-15-10(14)5-16-9-4-8(13)7(12)3-6(9)11/h3-4H,2,5,13H2,1H3. The number of carbonyl (C=O) groups is 1. The molecule has 0 fully saturated rings. The Hall–Kier alpha value is -1.49. The van der Waals surface area contributed by atoms with Crippen molar-refractivity contribution in [3.63, 3.8) is 0 Å². The van der Waals surface area contributed by atoms with Crippen molar-refractivity contribution in [2.75, 3.05) is 18.9 Å². The normalized spacial score (nSPS) is 9.94. The van der Waals surface area contributed by atoms with Crippen LogP contribution in [0.4, 0.5) is 10.1 Å². The quantitative estimate of drug-likeness (QED) is 0.653.